The van der Waals surface area contributed by atoms with Crippen LogP contribution in [0.1, 0.15) is 42.9 Å². The molecule has 0 fully saturated rings. The van der Waals surface area contributed by atoms with E-state index in [4.69, 9.17) is 4.42 Å². The van der Waals surface area contributed by atoms with E-state index in [-0.39, 0.29) is 10.7 Å². The molecule has 1 atom stereocenters. The Morgan fingerprint density at radius 3 is 2.43 bits per heavy atom. The molecule has 0 radical (unpaired) electrons. The SMILES string of the molecule is Cc1ccc(C2C(C(=O)c3sc(C)nc3C)=C(O)C(=O)N2c2nnc(C)s2)o1. The van der Waals surface area contributed by atoms with Gasteiger partial charge in [0.1, 0.15) is 22.6 Å². The number of amides is 1. The number of aromatic nitrogens is 3. The second-order valence-electron chi connectivity index (χ2n) is 6.37. The molecule has 1 aliphatic rings. The van der Waals surface area contributed by atoms with Gasteiger partial charge >= 0.3 is 0 Å². The van der Waals surface area contributed by atoms with Gasteiger partial charge in [-0.25, -0.2) is 4.98 Å². The maximum atomic E-state index is 13.3. The highest BCUT2D eigenvalue weighted by Crippen LogP contribution is 2.43. The molecule has 1 amide bonds. The maximum absolute atomic E-state index is 13.3. The zero-order valence-electron chi connectivity index (χ0n) is 15.5. The fourth-order valence-electron chi connectivity index (χ4n) is 3.15. The number of aliphatic hydroxyl groups excluding tert-OH is 1. The highest BCUT2D eigenvalue weighted by molar-refractivity contribution is 7.15. The summed E-state index contributed by atoms with van der Waals surface area (Å²) in [4.78, 5) is 32.1. The first-order chi connectivity index (χ1) is 13.3. The number of Topliss-reactive ketones (excluding diaryl/α,β-unsaturated/α-hetero) is 1. The molecule has 0 aromatic carbocycles. The number of rotatable bonds is 4. The van der Waals surface area contributed by atoms with Gasteiger partial charge in [-0.1, -0.05) is 11.3 Å². The molecule has 0 aliphatic carbocycles. The Balaban J connectivity index is 1.88. The van der Waals surface area contributed by atoms with Crippen LogP contribution < -0.4 is 4.90 Å². The van der Waals surface area contributed by atoms with E-state index in [9.17, 15) is 14.7 Å². The van der Waals surface area contributed by atoms with E-state index in [1.54, 1.807) is 39.8 Å². The molecule has 3 aromatic heterocycles. The van der Waals surface area contributed by atoms with Gasteiger partial charge in [0.15, 0.2) is 5.76 Å². The lowest BCUT2D eigenvalue weighted by Gasteiger charge is -2.21. The molecule has 0 bridgehead atoms. The van der Waals surface area contributed by atoms with Crippen LogP contribution in [0.2, 0.25) is 0 Å². The first-order valence-corrected chi connectivity index (χ1v) is 10.0. The third kappa shape index (κ3) is 2.85. The van der Waals surface area contributed by atoms with Crippen LogP contribution in [-0.4, -0.2) is 32.0 Å². The van der Waals surface area contributed by atoms with Crippen molar-refractivity contribution in [2.24, 2.45) is 0 Å². The van der Waals surface area contributed by atoms with Gasteiger partial charge in [0.25, 0.3) is 5.91 Å². The predicted molar refractivity (Wildman–Crippen MR) is 104 cm³/mol. The lowest BCUT2D eigenvalue weighted by Crippen LogP contribution is -2.30. The van der Waals surface area contributed by atoms with Crippen LogP contribution in [0.15, 0.2) is 27.9 Å². The third-order valence-corrected chi connectivity index (χ3v) is 6.22. The Kier molecular flexibility index (Phi) is 4.39. The average Bonchev–Trinajstić information content (AvgIpc) is 3.37. The summed E-state index contributed by atoms with van der Waals surface area (Å²) in [5.41, 5.74) is 0.513. The number of hydrogen-bond acceptors (Lipinski definition) is 9. The van der Waals surface area contributed by atoms with E-state index in [1.807, 2.05) is 0 Å². The largest absolute Gasteiger partial charge is 0.503 e. The van der Waals surface area contributed by atoms with E-state index in [0.29, 0.717) is 27.1 Å². The molecule has 1 unspecified atom stereocenters. The first kappa shape index (κ1) is 18.5. The number of aryl methyl sites for hydroxylation is 4. The fraction of sp³-hybridized carbons (Fsp3) is 0.278. The third-order valence-electron chi connectivity index (χ3n) is 4.31. The summed E-state index contributed by atoms with van der Waals surface area (Å²) < 4.78 is 5.73. The zero-order valence-corrected chi connectivity index (χ0v) is 17.1. The van der Waals surface area contributed by atoms with Crippen LogP contribution in [0.25, 0.3) is 0 Å². The minimum Gasteiger partial charge on any atom is -0.503 e. The van der Waals surface area contributed by atoms with Crippen LogP contribution in [0, 0.1) is 27.7 Å². The zero-order chi connectivity index (χ0) is 20.2. The molecule has 8 nitrogen and oxygen atoms in total. The van der Waals surface area contributed by atoms with Gasteiger partial charge in [-0.2, -0.15) is 0 Å². The number of furan rings is 1. The van der Waals surface area contributed by atoms with Gasteiger partial charge in [0, 0.05) is 0 Å². The lowest BCUT2D eigenvalue weighted by atomic mass is 10.00. The Morgan fingerprint density at radius 2 is 1.89 bits per heavy atom. The molecular weight excluding hydrogens is 400 g/mol. The quantitative estimate of drug-likeness (QED) is 0.647. The number of aliphatic hydroxyl groups is 1. The molecule has 144 valence electrons. The molecule has 28 heavy (non-hydrogen) atoms. The summed E-state index contributed by atoms with van der Waals surface area (Å²) >= 11 is 2.42. The summed E-state index contributed by atoms with van der Waals surface area (Å²) in [5, 5.41) is 20.3. The highest BCUT2D eigenvalue weighted by atomic mass is 32.1. The molecule has 1 N–H and O–H groups in total. The van der Waals surface area contributed by atoms with E-state index in [1.165, 1.54) is 27.6 Å². The molecule has 0 saturated heterocycles. The first-order valence-electron chi connectivity index (χ1n) is 8.39. The van der Waals surface area contributed by atoms with E-state index in [2.05, 4.69) is 15.2 Å². The minimum atomic E-state index is -0.928. The van der Waals surface area contributed by atoms with Gasteiger partial charge in [-0.3, -0.25) is 14.5 Å². The van der Waals surface area contributed by atoms with Gasteiger partial charge in [-0.05, 0) is 39.8 Å². The molecule has 1 aliphatic heterocycles. The van der Waals surface area contributed by atoms with Gasteiger partial charge in [0.2, 0.25) is 10.9 Å². The van der Waals surface area contributed by atoms with Crippen molar-refractivity contribution in [3.05, 3.63) is 55.6 Å². The van der Waals surface area contributed by atoms with Gasteiger partial charge in [-0.15, -0.1) is 21.5 Å². The van der Waals surface area contributed by atoms with Crippen molar-refractivity contribution in [1.29, 1.82) is 0 Å². The number of anilines is 1. The highest BCUT2D eigenvalue weighted by Gasteiger charge is 2.48. The summed E-state index contributed by atoms with van der Waals surface area (Å²) in [7, 11) is 0. The van der Waals surface area contributed by atoms with Crippen molar-refractivity contribution in [1.82, 2.24) is 15.2 Å². The summed E-state index contributed by atoms with van der Waals surface area (Å²) in [6.45, 7) is 7.05. The molecule has 4 rings (SSSR count). The van der Waals surface area contributed by atoms with Crippen molar-refractivity contribution in [3.8, 4) is 0 Å². The Bertz CT molecular complexity index is 1140. The number of hydrogen-bond donors (Lipinski definition) is 1. The van der Waals surface area contributed by atoms with E-state index in [0.717, 1.165) is 5.01 Å². The van der Waals surface area contributed by atoms with Crippen LogP contribution in [0.3, 0.4) is 0 Å². The number of carbonyl (C=O) groups is 2. The van der Waals surface area contributed by atoms with Crippen molar-refractivity contribution in [2.45, 2.75) is 33.7 Å². The Labute approximate surface area is 168 Å². The summed E-state index contributed by atoms with van der Waals surface area (Å²) in [6, 6.07) is 2.50. The van der Waals surface area contributed by atoms with Crippen LogP contribution >= 0.6 is 22.7 Å². The average molecular weight is 416 g/mol. The smallest absolute Gasteiger partial charge is 0.296 e. The van der Waals surface area contributed by atoms with Crippen LogP contribution in [0.5, 0.6) is 0 Å². The minimum absolute atomic E-state index is 0.0426. The second kappa shape index (κ2) is 6.64. The van der Waals surface area contributed by atoms with Crippen molar-refractivity contribution < 1.29 is 19.1 Å². The molecule has 10 heteroatoms. The number of thiazole rings is 1. The Morgan fingerprint density at radius 1 is 1.14 bits per heavy atom. The van der Waals surface area contributed by atoms with Crippen LogP contribution in [0.4, 0.5) is 5.13 Å². The molecule has 4 heterocycles. The number of nitrogens with zero attached hydrogens (tertiary/aromatic N) is 4. The van der Waals surface area contributed by atoms with Gasteiger partial charge < -0.3 is 9.52 Å². The van der Waals surface area contributed by atoms with Crippen LogP contribution in [-0.2, 0) is 4.79 Å². The Hall–Kier alpha value is -2.85. The lowest BCUT2D eigenvalue weighted by molar-refractivity contribution is -0.117. The predicted octanol–water partition coefficient (Wildman–Crippen LogP) is 3.60. The van der Waals surface area contributed by atoms with Crippen molar-refractivity contribution >= 4 is 39.5 Å². The molecule has 3 aromatic rings. The van der Waals surface area contributed by atoms with Crippen molar-refractivity contribution in [2.75, 3.05) is 4.90 Å². The summed E-state index contributed by atoms with van der Waals surface area (Å²) in [6.07, 6.45) is 0. The number of ketones is 1. The molecular formula is C18H16N4O4S2. The van der Waals surface area contributed by atoms with Gasteiger partial charge in [0.05, 0.1) is 21.2 Å². The van der Waals surface area contributed by atoms with E-state index >= 15 is 0 Å². The standard InChI is InChI=1S/C18H16N4O4S2/c1-7-5-6-11(26-7)13-12(14(23)16-8(2)19-9(3)27-16)15(24)17(25)22(13)18-21-20-10(4)28-18/h5-6,13,24H,1-4H3. The fourth-order valence-corrected chi connectivity index (χ4v) is 4.74. The molecule has 0 spiro atoms. The summed E-state index contributed by atoms with van der Waals surface area (Å²) in [5.74, 6) is -0.777. The molecule has 0 saturated carbocycles. The monoisotopic (exact) mass is 416 g/mol. The number of carbonyl (C=O) groups excluding carboxylic acids is 2. The topological polar surface area (TPSA) is 109 Å². The van der Waals surface area contributed by atoms with E-state index < -0.39 is 23.5 Å². The second-order valence-corrected chi connectivity index (χ2v) is 8.73. The van der Waals surface area contributed by atoms with Crippen molar-refractivity contribution in [3.63, 3.8) is 0 Å². The normalized spacial score (nSPS) is 17.1. The maximum Gasteiger partial charge on any atom is 0.296 e.